The van der Waals surface area contributed by atoms with E-state index in [1.54, 1.807) is 13.3 Å². The summed E-state index contributed by atoms with van der Waals surface area (Å²) in [5.41, 5.74) is 4.01. The molecule has 0 radical (unpaired) electrons. The standard InChI is InChI=1S/C20H19NO3S/c1-13-5-3-8-16(19(13)24-2)14-6-4-7-15(11-14)17(12-18(22)23)20-21-9-10-25-20/h3-11,17H,12H2,1-2H3,(H,22,23). The molecule has 3 rings (SSSR count). The van der Waals surface area contributed by atoms with Crippen LogP contribution in [0.15, 0.2) is 54.0 Å². The fourth-order valence-electron chi connectivity index (χ4n) is 3.00. The molecule has 0 aliphatic heterocycles. The summed E-state index contributed by atoms with van der Waals surface area (Å²) in [5.74, 6) is -0.254. The molecule has 1 aromatic heterocycles. The predicted octanol–water partition coefficient (Wildman–Crippen LogP) is 4.73. The highest BCUT2D eigenvalue weighted by molar-refractivity contribution is 7.09. The zero-order valence-corrected chi connectivity index (χ0v) is 14.9. The molecule has 4 nitrogen and oxygen atoms in total. The molecule has 0 aliphatic rings. The molecule has 0 aliphatic carbocycles. The number of methoxy groups -OCH3 is 1. The van der Waals surface area contributed by atoms with E-state index in [2.05, 4.69) is 4.98 Å². The number of hydrogen-bond donors (Lipinski definition) is 1. The van der Waals surface area contributed by atoms with Gasteiger partial charge >= 0.3 is 5.97 Å². The van der Waals surface area contributed by atoms with Crippen LogP contribution in [-0.4, -0.2) is 23.2 Å². The van der Waals surface area contributed by atoms with Crippen LogP contribution < -0.4 is 4.74 Å². The third kappa shape index (κ3) is 3.72. The van der Waals surface area contributed by atoms with Crippen molar-refractivity contribution < 1.29 is 14.6 Å². The van der Waals surface area contributed by atoms with Gasteiger partial charge in [-0.15, -0.1) is 11.3 Å². The lowest BCUT2D eigenvalue weighted by Crippen LogP contribution is -2.08. The highest BCUT2D eigenvalue weighted by atomic mass is 32.1. The van der Waals surface area contributed by atoms with Gasteiger partial charge in [-0.1, -0.05) is 42.5 Å². The first-order valence-electron chi connectivity index (χ1n) is 7.95. The van der Waals surface area contributed by atoms with E-state index < -0.39 is 5.97 Å². The van der Waals surface area contributed by atoms with Crippen molar-refractivity contribution in [3.05, 3.63) is 70.2 Å². The number of nitrogens with zero attached hydrogens (tertiary/aromatic N) is 1. The summed E-state index contributed by atoms with van der Waals surface area (Å²) in [6.07, 6.45) is 1.73. The molecule has 1 heterocycles. The van der Waals surface area contributed by atoms with Gasteiger partial charge < -0.3 is 9.84 Å². The van der Waals surface area contributed by atoms with Gasteiger partial charge in [0.1, 0.15) is 10.8 Å². The Bertz CT molecular complexity index is 874. The fourth-order valence-corrected chi connectivity index (χ4v) is 3.77. The maximum absolute atomic E-state index is 11.3. The van der Waals surface area contributed by atoms with Crippen LogP contribution in [0.1, 0.15) is 28.5 Å². The molecule has 0 amide bonds. The summed E-state index contributed by atoms with van der Waals surface area (Å²) in [4.78, 5) is 15.7. The van der Waals surface area contributed by atoms with E-state index >= 15 is 0 Å². The Labute approximate surface area is 150 Å². The summed E-state index contributed by atoms with van der Waals surface area (Å²) >= 11 is 1.48. The molecule has 25 heavy (non-hydrogen) atoms. The van der Waals surface area contributed by atoms with Crippen LogP contribution >= 0.6 is 11.3 Å². The summed E-state index contributed by atoms with van der Waals surface area (Å²) in [5, 5.41) is 12.0. The molecule has 2 aromatic carbocycles. The topological polar surface area (TPSA) is 59.4 Å². The molecule has 3 aromatic rings. The average molecular weight is 353 g/mol. The van der Waals surface area contributed by atoms with E-state index in [0.717, 1.165) is 33.0 Å². The van der Waals surface area contributed by atoms with Gasteiger partial charge in [0.15, 0.2) is 0 Å². The molecule has 5 heteroatoms. The van der Waals surface area contributed by atoms with Crippen LogP contribution in [0.25, 0.3) is 11.1 Å². The maximum atomic E-state index is 11.3. The summed E-state index contributed by atoms with van der Waals surface area (Å²) in [7, 11) is 1.67. The quantitative estimate of drug-likeness (QED) is 0.696. The van der Waals surface area contributed by atoms with E-state index in [-0.39, 0.29) is 12.3 Å². The normalized spacial score (nSPS) is 11.9. The second kappa shape index (κ2) is 7.49. The van der Waals surface area contributed by atoms with Crippen molar-refractivity contribution in [1.82, 2.24) is 4.98 Å². The summed E-state index contributed by atoms with van der Waals surface area (Å²) < 4.78 is 5.56. The van der Waals surface area contributed by atoms with Crippen LogP contribution in [0.2, 0.25) is 0 Å². The molecule has 0 saturated heterocycles. The van der Waals surface area contributed by atoms with E-state index in [9.17, 15) is 9.90 Å². The highest BCUT2D eigenvalue weighted by Gasteiger charge is 2.21. The first-order valence-corrected chi connectivity index (χ1v) is 8.83. The van der Waals surface area contributed by atoms with Crippen molar-refractivity contribution >= 4 is 17.3 Å². The maximum Gasteiger partial charge on any atom is 0.304 e. The number of aliphatic carboxylic acids is 1. The number of benzene rings is 2. The lowest BCUT2D eigenvalue weighted by molar-refractivity contribution is -0.137. The first kappa shape index (κ1) is 17.2. The first-order chi connectivity index (χ1) is 12.1. The number of carbonyl (C=O) groups is 1. The SMILES string of the molecule is COc1c(C)cccc1-c1cccc(C(CC(=O)O)c2nccs2)c1. The lowest BCUT2D eigenvalue weighted by atomic mass is 9.92. The Balaban J connectivity index is 2.06. The zero-order chi connectivity index (χ0) is 17.8. The molecule has 0 fully saturated rings. The number of aryl methyl sites for hydroxylation is 1. The van der Waals surface area contributed by atoms with Gasteiger partial charge in [0.25, 0.3) is 0 Å². The van der Waals surface area contributed by atoms with E-state index in [1.807, 2.05) is 54.8 Å². The van der Waals surface area contributed by atoms with Crippen molar-refractivity contribution in [1.29, 1.82) is 0 Å². The van der Waals surface area contributed by atoms with Gasteiger partial charge in [0, 0.05) is 23.1 Å². The van der Waals surface area contributed by atoms with Crippen LogP contribution in [0.4, 0.5) is 0 Å². The van der Waals surface area contributed by atoms with Crippen LogP contribution in [0, 0.1) is 6.92 Å². The minimum Gasteiger partial charge on any atom is -0.496 e. The van der Waals surface area contributed by atoms with Crippen molar-refractivity contribution in [2.45, 2.75) is 19.3 Å². The highest BCUT2D eigenvalue weighted by Crippen LogP contribution is 2.36. The molecule has 128 valence electrons. The molecule has 0 saturated carbocycles. The Morgan fingerprint density at radius 1 is 1.28 bits per heavy atom. The van der Waals surface area contributed by atoms with E-state index in [0.29, 0.717) is 0 Å². The largest absolute Gasteiger partial charge is 0.496 e. The molecule has 0 spiro atoms. The van der Waals surface area contributed by atoms with Gasteiger partial charge in [-0.05, 0) is 23.6 Å². The number of ether oxygens (including phenoxy) is 1. The zero-order valence-electron chi connectivity index (χ0n) is 14.1. The van der Waals surface area contributed by atoms with Gasteiger partial charge in [0.2, 0.25) is 0 Å². The summed E-state index contributed by atoms with van der Waals surface area (Å²) in [6.45, 7) is 2.01. The third-order valence-electron chi connectivity index (χ3n) is 4.14. The smallest absolute Gasteiger partial charge is 0.304 e. The second-order valence-corrected chi connectivity index (χ2v) is 6.73. The Morgan fingerprint density at radius 3 is 2.76 bits per heavy atom. The van der Waals surface area contributed by atoms with Gasteiger partial charge in [-0.25, -0.2) is 4.98 Å². The van der Waals surface area contributed by atoms with Crippen molar-refractivity contribution in [2.75, 3.05) is 7.11 Å². The molecular formula is C20H19NO3S. The molecule has 1 atom stereocenters. The number of aromatic nitrogens is 1. The monoisotopic (exact) mass is 353 g/mol. The Hall–Kier alpha value is -2.66. The second-order valence-electron chi connectivity index (χ2n) is 5.80. The van der Waals surface area contributed by atoms with Gasteiger partial charge in [-0.3, -0.25) is 4.79 Å². The average Bonchev–Trinajstić information content (AvgIpc) is 3.13. The fraction of sp³-hybridized carbons (Fsp3) is 0.200. The minimum atomic E-state index is -0.835. The van der Waals surface area contributed by atoms with Gasteiger partial charge in [-0.2, -0.15) is 0 Å². The molecule has 1 unspecified atom stereocenters. The van der Waals surface area contributed by atoms with E-state index in [4.69, 9.17) is 4.74 Å². The lowest BCUT2D eigenvalue weighted by Gasteiger charge is -2.16. The number of rotatable bonds is 6. The number of para-hydroxylation sites is 1. The predicted molar refractivity (Wildman–Crippen MR) is 99.4 cm³/mol. The Kier molecular flexibility index (Phi) is 5.14. The van der Waals surface area contributed by atoms with Gasteiger partial charge in [0.05, 0.1) is 13.5 Å². The summed E-state index contributed by atoms with van der Waals surface area (Å²) in [6, 6.07) is 14.0. The number of carboxylic acid groups (broad SMARTS) is 1. The van der Waals surface area contributed by atoms with Crippen molar-refractivity contribution in [3.63, 3.8) is 0 Å². The number of thiazole rings is 1. The van der Waals surface area contributed by atoms with Crippen LogP contribution in [0.5, 0.6) is 5.75 Å². The number of carboxylic acids is 1. The van der Waals surface area contributed by atoms with Crippen LogP contribution in [-0.2, 0) is 4.79 Å². The van der Waals surface area contributed by atoms with Crippen molar-refractivity contribution in [2.24, 2.45) is 0 Å². The molecule has 1 N–H and O–H groups in total. The minimum absolute atomic E-state index is 0.0158. The third-order valence-corrected chi connectivity index (χ3v) is 5.03. The van der Waals surface area contributed by atoms with E-state index in [1.165, 1.54) is 11.3 Å². The Morgan fingerprint density at radius 2 is 2.08 bits per heavy atom. The van der Waals surface area contributed by atoms with Crippen LogP contribution in [0.3, 0.4) is 0 Å². The van der Waals surface area contributed by atoms with Crippen molar-refractivity contribution in [3.8, 4) is 16.9 Å². The molecular weight excluding hydrogens is 334 g/mol. The number of hydrogen-bond acceptors (Lipinski definition) is 4. The molecule has 0 bridgehead atoms.